The van der Waals surface area contributed by atoms with E-state index in [-0.39, 0.29) is 90.5 Å². The third-order valence-corrected chi connectivity index (χ3v) is 27.3. The smallest absolute Gasteiger partial charge is 0.410 e. The Morgan fingerprint density at radius 1 is 0.809 bits per heavy atom. The molecule has 2 aromatic heterocycles. The zero-order valence-corrected chi connectivity index (χ0v) is 58.2. The summed E-state index contributed by atoms with van der Waals surface area (Å²) in [5.74, 6) is 3.76. The third kappa shape index (κ3) is 14.3. The lowest BCUT2D eigenvalue weighted by atomic mass is 9.65. The Hall–Kier alpha value is -7.19. The van der Waals surface area contributed by atoms with E-state index in [1.165, 1.54) is 38.0 Å². The van der Waals surface area contributed by atoms with Crippen molar-refractivity contribution in [2.24, 2.45) is 17.3 Å². The van der Waals surface area contributed by atoms with Crippen LogP contribution in [0.1, 0.15) is 143 Å². The maximum atomic E-state index is 18.2. The average Bonchev–Trinajstić information content (AvgIpc) is 0.953. The number of benzene rings is 3. The molecule has 6 aliphatic rings. The lowest BCUT2D eigenvalue weighted by Gasteiger charge is -2.47. The molecule has 1 aliphatic carbocycles. The molecule has 7 heterocycles. The molecule has 5 amide bonds. The Labute approximate surface area is 553 Å². The van der Waals surface area contributed by atoms with E-state index in [9.17, 15) is 19.2 Å². The van der Waals surface area contributed by atoms with Gasteiger partial charge < -0.3 is 43.3 Å². The summed E-state index contributed by atoms with van der Waals surface area (Å²) >= 11 is 0. The standard InChI is InChI=1S/C72H96F2N10O9Si/c1-45(2)94(46(3)4,47(5)6)34-22-55-58(73)17-13-50-35-54(92-44-89-11)37-56(62(50)55)64-63(74)65-57(38-75-64)66(82-41-52-15-16-53(42-82)84(52)70(88)93-71(8,9)10)78-68(77-65)91-43-48(7)39-79-30-32-80(33-31-79)40-49-19-23-72(24-20-49)25-28-81(29-26-72)67(86)51-14-18-60(90-12)59(36-51)83-27-21-61(85)76-69(83)87/h13-14,17-18,35-38,45-49,52-53H,15-16,19-21,23-33,39-44H2,1-12H3,(H,76,85,87). The Morgan fingerprint density at radius 3 is 2.13 bits per heavy atom. The lowest BCUT2D eigenvalue weighted by Crippen LogP contribution is -2.57. The molecule has 506 valence electrons. The molecule has 22 heteroatoms. The van der Waals surface area contributed by atoms with Crippen LogP contribution in [0.4, 0.5) is 29.9 Å². The van der Waals surface area contributed by atoms with Gasteiger partial charge in [-0.15, -0.1) is 5.54 Å². The van der Waals surface area contributed by atoms with Crippen LogP contribution in [-0.4, -0.2) is 184 Å². The van der Waals surface area contributed by atoms with Crippen LogP contribution in [0.5, 0.6) is 17.5 Å². The van der Waals surface area contributed by atoms with E-state index in [0.29, 0.717) is 99.0 Å². The first-order valence-corrected chi connectivity index (χ1v) is 36.3. The van der Waals surface area contributed by atoms with Crippen LogP contribution >= 0.6 is 0 Å². The Bertz CT molecular complexity index is 3660. The van der Waals surface area contributed by atoms with Gasteiger partial charge in [-0.25, -0.2) is 18.4 Å². The molecular weight excluding hydrogens is 1210 g/mol. The second-order valence-corrected chi connectivity index (χ2v) is 34.9. The molecule has 5 aliphatic heterocycles. The van der Waals surface area contributed by atoms with Gasteiger partial charge in [0, 0.05) is 114 Å². The number of carbonyl (C=O) groups excluding carboxylic acids is 4. The molecule has 94 heavy (non-hydrogen) atoms. The number of hydrogen-bond donors (Lipinski definition) is 1. The van der Waals surface area contributed by atoms with Crippen LogP contribution in [0.15, 0.2) is 48.7 Å². The number of likely N-dealkylation sites (tertiary alicyclic amines) is 1. The summed E-state index contributed by atoms with van der Waals surface area (Å²) in [7, 11) is 0.689. The topological polar surface area (TPSA) is 185 Å². The quantitative estimate of drug-likeness (QED) is 0.0496. The summed E-state index contributed by atoms with van der Waals surface area (Å²) in [6.45, 7) is 29.4. The van der Waals surface area contributed by atoms with Gasteiger partial charge in [0.1, 0.15) is 48.0 Å². The van der Waals surface area contributed by atoms with Crippen molar-refractivity contribution in [1.82, 2.24) is 39.9 Å². The van der Waals surface area contributed by atoms with Crippen molar-refractivity contribution in [3.63, 3.8) is 0 Å². The predicted octanol–water partition coefficient (Wildman–Crippen LogP) is 12.5. The second kappa shape index (κ2) is 28.2. The van der Waals surface area contributed by atoms with Crippen LogP contribution in [0.2, 0.25) is 16.6 Å². The molecule has 3 aromatic carbocycles. The van der Waals surface area contributed by atoms with Crippen LogP contribution in [0.25, 0.3) is 32.9 Å². The van der Waals surface area contributed by atoms with E-state index >= 15 is 8.78 Å². The highest BCUT2D eigenvalue weighted by Crippen LogP contribution is 2.48. The minimum Gasteiger partial charge on any atom is -0.495 e. The fourth-order valence-corrected chi connectivity index (χ4v) is 21.3. The maximum absolute atomic E-state index is 18.2. The number of anilines is 2. The number of piperidine rings is 1. The molecule has 1 N–H and O–H groups in total. The number of halogens is 2. The van der Waals surface area contributed by atoms with Gasteiger partial charge in [-0.05, 0) is 142 Å². The summed E-state index contributed by atoms with van der Waals surface area (Å²) in [6.07, 6.45) is 9.61. The summed E-state index contributed by atoms with van der Waals surface area (Å²) in [5, 5.41) is 3.76. The number of nitrogens with zero attached hydrogens (tertiary/aromatic N) is 9. The molecule has 5 saturated heterocycles. The molecular formula is C72H96F2N10O9Si. The molecule has 2 bridgehead atoms. The molecule has 19 nitrogen and oxygen atoms in total. The average molecular weight is 1310 g/mol. The summed E-state index contributed by atoms with van der Waals surface area (Å²) < 4.78 is 64.1. The number of aromatic nitrogens is 3. The number of fused-ring (bicyclic) bond motifs is 4. The van der Waals surface area contributed by atoms with E-state index in [0.717, 1.165) is 77.8 Å². The molecule has 1 saturated carbocycles. The van der Waals surface area contributed by atoms with Gasteiger partial charge >= 0.3 is 18.1 Å². The van der Waals surface area contributed by atoms with Gasteiger partial charge in [0.25, 0.3) is 5.91 Å². The Balaban J connectivity index is 0.769. The van der Waals surface area contributed by atoms with E-state index in [4.69, 9.17) is 38.6 Å². The van der Waals surface area contributed by atoms with Crippen LogP contribution in [0.3, 0.4) is 0 Å². The number of urea groups is 1. The highest BCUT2D eigenvalue weighted by molar-refractivity contribution is 6.90. The van der Waals surface area contributed by atoms with Crippen LogP contribution in [-0.2, 0) is 14.3 Å². The van der Waals surface area contributed by atoms with Crippen molar-refractivity contribution < 1.29 is 51.6 Å². The number of hydrogen-bond acceptors (Lipinski definition) is 15. The highest BCUT2D eigenvalue weighted by Gasteiger charge is 2.46. The number of rotatable bonds is 18. The van der Waals surface area contributed by atoms with Crippen molar-refractivity contribution in [2.75, 3.05) is 109 Å². The Kier molecular flexibility index (Phi) is 20.5. The minimum atomic E-state index is -2.36. The molecule has 6 fully saturated rings. The molecule has 1 spiro atoms. The number of pyridine rings is 1. The highest BCUT2D eigenvalue weighted by atomic mass is 28.3. The van der Waals surface area contributed by atoms with E-state index in [2.05, 4.69) is 79.9 Å². The van der Waals surface area contributed by atoms with Gasteiger partial charge in [-0.2, -0.15) is 9.97 Å². The SMILES string of the molecule is COCOc1cc(-c2ncc3c(N4CC5CCC(C4)N5C(=O)OC(C)(C)C)nc(OCC(C)CN4CCN(CC5CCC6(CC5)CCN(C(=O)c5ccc(OC)c(N7CCC(=O)NC7=O)c5)CC6)CC4)nc3c2F)c2c(C#C[Si](C(C)C)(C(C)C)C(C)C)c(F)ccc2c1. The zero-order valence-electron chi connectivity index (χ0n) is 57.2. The van der Waals surface area contributed by atoms with E-state index in [1.807, 2.05) is 30.6 Å². The second-order valence-electron chi connectivity index (χ2n) is 29.3. The largest absolute Gasteiger partial charge is 0.495 e. The van der Waals surface area contributed by atoms with Gasteiger partial charge in [-0.3, -0.25) is 29.7 Å². The van der Waals surface area contributed by atoms with Crippen molar-refractivity contribution in [3.8, 4) is 40.2 Å². The van der Waals surface area contributed by atoms with Gasteiger partial charge in [0.05, 0.1) is 42.4 Å². The van der Waals surface area contributed by atoms with Gasteiger partial charge in [0.2, 0.25) is 5.91 Å². The fourth-order valence-electron chi connectivity index (χ4n) is 16.1. The first-order chi connectivity index (χ1) is 44.9. The van der Waals surface area contributed by atoms with Gasteiger partial charge in [0.15, 0.2) is 12.6 Å². The van der Waals surface area contributed by atoms with E-state index in [1.54, 1.807) is 42.6 Å². The zero-order chi connectivity index (χ0) is 67.0. The van der Waals surface area contributed by atoms with Crippen molar-refractivity contribution in [2.45, 2.75) is 161 Å². The summed E-state index contributed by atoms with van der Waals surface area (Å²) in [5.41, 5.74) is 5.55. The van der Waals surface area contributed by atoms with E-state index < -0.39 is 31.3 Å². The van der Waals surface area contributed by atoms with Gasteiger partial charge in [-0.1, -0.05) is 60.5 Å². The van der Waals surface area contributed by atoms with Crippen LogP contribution < -0.4 is 29.3 Å². The number of methoxy groups -OCH3 is 2. The Morgan fingerprint density at radius 2 is 1.49 bits per heavy atom. The summed E-state index contributed by atoms with van der Waals surface area (Å²) in [6, 6.07) is 10.9. The van der Waals surface area contributed by atoms with Crippen molar-refractivity contribution in [3.05, 3.63) is 71.4 Å². The number of piperazine rings is 2. The third-order valence-electron chi connectivity index (χ3n) is 21.0. The van der Waals surface area contributed by atoms with Crippen molar-refractivity contribution in [1.29, 1.82) is 0 Å². The number of carbonyl (C=O) groups is 4. The first-order valence-electron chi connectivity index (χ1n) is 34.1. The predicted molar refractivity (Wildman–Crippen MR) is 363 cm³/mol. The minimum absolute atomic E-state index is 0.00104. The number of imide groups is 1. The number of nitrogens with one attached hydrogen (secondary N) is 1. The normalized spacial score (nSPS) is 20.4. The first kappa shape index (κ1) is 68.2. The number of ether oxygens (including phenoxy) is 5. The monoisotopic (exact) mass is 1310 g/mol. The number of amides is 5. The lowest BCUT2D eigenvalue weighted by molar-refractivity contribution is -0.120. The molecule has 0 radical (unpaired) electrons. The molecule has 3 atom stereocenters. The molecule has 11 rings (SSSR count). The van der Waals surface area contributed by atoms with Crippen molar-refractivity contribution >= 4 is 65.2 Å². The van der Waals surface area contributed by atoms with Crippen LogP contribution in [0, 0.1) is 40.3 Å². The molecule has 5 aromatic rings. The fraction of sp³-hybridized carbons (Fsp3) is 0.597. The summed E-state index contributed by atoms with van der Waals surface area (Å²) in [4.78, 5) is 79.4. The maximum Gasteiger partial charge on any atom is 0.410 e. The molecule has 3 unspecified atom stereocenters.